The summed E-state index contributed by atoms with van der Waals surface area (Å²) in [5, 5.41) is 0. The zero-order valence-corrected chi connectivity index (χ0v) is 16.9. The van der Waals surface area contributed by atoms with Crippen LogP contribution in [0.5, 0.6) is 0 Å². The van der Waals surface area contributed by atoms with E-state index in [0.717, 1.165) is 0 Å². The van der Waals surface area contributed by atoms with Crippen LogP contribution in [0.3, 0.4) is 0 Å². The molecular weight excluding hydrogens is 324 g/mol. The maximum atomic E-state index is 10.6. The van der Waals surface area contributed by atoms with Crippen molar-refractivity contribution >= 4 is 20.6 Å². The number of nitrogens with zero attached hydrogens (tertiary/aromatic N) is 1. The van der Waals surface area contributed by atoms with E-state index in [1.165, 1.54) is 0 Å². The van der Waals surface area contributed by atoms with Gasteiger partial charge in [-0.25, -0.2) is 16.8 Å². The minimum atomic E-state index is -5.43. The van der Waals surface area contributed by atoms with Gasteiger partial charge in [0, 0.05) is 13.2 Å². The third-order valence-corrected chi connectivity index (χ3v) is 3.89. The summed E-state index contributed by atoms with van der Waals surface area (Å²) in [4.78, 5) is 0. The van der Waals surface area contributed by atoms with Crippen molar-refractivity contribution in [3.8, 4) is 0 Å². The molecule has 19 heavy (non-hydrogen) atoms. The van der Waals surface area contributed by atoms with Crippen LogP contribution < -0.4 is 59.1 Å². The zero-order chi connectivity index (χ0) is 13.7. The van der Waals surface area contributed by atoms with Crippen molar-refractivity contribution in [1.82, 2.24) is 3.71 Å². The van der Waals surface area contributed by atoms with E-state index in [1.54, 1.807) is 13.8 Å². The molecule has 0 N–H and O–H groups in total. The molecule has 0 spiro atoms. The first kappa shape index (κ1) is 25.6. The van der Waals surface area contributed by atoms with Gasteiger partial charge >= 0.3 is 59.1 Å². The smallest absolute Gasteiger partial charge is 0.735 e. The molecule has 0 unspecified atom stereocenters. The summed E-state index contributed by atoms with van der Waals surface area (Å²) in [6, 6.07) is 0. The van der Waals surface area contributed by atoms with E-state index in [2.05, 4.69) is 0 Å². The third-order valence-electron chi connectivity index (χ3n) is 1.50. The summed E-state index contributed by atoms with van der Waals surface area (Å²) in [6.45, 7) is 2.29. The molecule has 0 aromatic heterocycles. The number of hydrogen-bond donors (Lipinski definition) is 0. The van der Waals surface area contributed by atoms with Crippen molar-refractivity contribution < 1.29 is 94.5 Å². The Labute approximate surface area is 157 Å². The average molecular weight is 337 g/mol. The first-order valence-corrected chi connectivity index (χ1v) is 7.28. The fourth-order valence-electron chi connectivity index (χ4n) is 0.941. The van der Waals surface area contributed by atoms with E-state index in [4.69, 9.17) is 9.47 Å². The molecule has 0 aliphatic carbocycles. The summed E-state index contributed by atoms with van der Waals surface area (Å²) in [7, 11) is -10.9. The summed E-state index contributed by atoms with van der Waals surface area (Å²) in [5.74, 6) is 0. The molecule has 0 radical (unpaired) electrons. The van der Waals surface area contributed by atoms with Crippen LogP contribution in [0, 0.1) is 0 Å². The van der Waals surface area contributed by atoms with E-state index >= 15 is 0 Å². The van der Waals surface area contributed by atoms with Crippen LogP contribution in [0.4, 0.5) is 0 Å². The normalized spacial score (nSPS) is 12.1. The molecule has 0 aromatic carbocycles. The standard InChI is InChI=1S/C6H15NO8S2.2Na/c1-3-14-6(15-4-2)5-7(16(8,9)10)17(11,12)13;;/h6H,3-5H2,1-2H3,(H,8,9,10)(H,11,12,13);;/q;2*+1/p-2. The van der Waals surface area contributed by atoms with E-state index in [1.807, 2.05) is 0 Å². The summed E-state index contributed by atoms with van der Waals surface area (Å²) < 4.78 is 72.5. The topological polar surface area (TPSA) is 136 Å². The Balaban J connectivity index is -0.00000128. The van der Waals surface area contributed by atoms with Gasteiger partial charge in [0.15, 0.2) is 26.9 Å². The fraction of sp³-hybridized carbons (Fsp3) is 1.00. The van der Waals surface area contributed by atoms with Crippen LogP contribution >= 0.6 is 0 Å². The van der Waals surface area contributed by atoms with Gasteiger partial charge in [-0.2, -0.15) is 0 Å². The summed E-state index contributed by atoms with van der Waals surface area (Å²) in [6.07, 6.45) is -1.29. The molecule has 0 saturated heterocycles. The van der Waals surface area contributed by atoms with Gasteiger partial charge in [-0.15, -0.1) is 3.71 Å². The van der Waals surface area contributed by atoms with Crippen molar-refractivity contribution in [1.29, 1.82) is 0 Å². The van der Waals surface area contributed by atoms with Crippen molar-refractivity contribution in [2.24, 2.45) is 0 Å². The molecular formula is C6H13NNa2O8S2. The second-order valence-corrected chi connectivity index (χ2v) is 5.53. The van der Waals surface area contributed by atoms with Crippen molar-refractivity contribution in [3.05, 3.63) is 0 Å². The molecule has 0 aromatic rings. The van der Waals surface area contributed by atoms with Crippen molar-refractivity contribution in [3.63, 3.8) is 0 Å². The second-order valence-electron chi connectivity index (χ2n) is 2.71. The van der Waals surface area contributed by atoms with Gasteiger partial charge in [0.25, 0.3) is 0 Å². The second kappa shape index (κ2) is 11.3. The summed E-state index contributed by atoms with van der Waals surface area (Å²) in [5.41, 5.74) is 0. The zero-order valence-electron chi connectivity index (χ0n) is 11.2. The van der Waals surface area contributed by atoms with Crippen molar-refractivity contribution in [2.75, 3.05) is 19.8 Å². The molecule has 0 aliphatic heterocycles. The maximum absolute atomic E-state index is 10.6. The first-order chi connectivity index (χ1) is 7.62. The van der Waals surface area contributed by atoms with Crippen LogP contribution in [-0.4, -0.2) is 55.7 Å². The minimum Gasteiger partial charge on any atom is -0.735 e. The third kappa shape index (κ3) is 11.0. The predicted molar refractivity (Wildman–Crippen MR) is 53.1 cm³/mol. The molecule has 0 bridgehead atoms. The molecule has 9 nitrogen and oxygen atoms in total. The van der Waals surface area contributed by atoms with Crippen molar-refractivity contribution in [2.45, 2.75) is 20.1 Å². The molecule has 0 rings (SSSR count). The fourth-order valence-corrected chi connectivity index (χ4v) is 2.44. The van der Waals surface area contributed by atoms with Crippen LogP contribution in [0.25, 0.3) is 0 Å². The van der Waals surface area contributed by atoms with Crippen LogP contribution in [0.15, 0.2) is 0 Å². The summed E-state index contributed by atoms with van der Waals surface area (Å²) >= 11 is 0. The Bertz CT molecular complexity index is 387. The van der Waals surface area contributed by atoms with Crippen LogP contribution in [0.1, 0.15) is 13.8 Å². The van der Waals surface area contributed by atoms with Gasteiger partial charge in [0.1, 0.15) is 0 Å². The van der Waals surface area contributed by atoms with Gasteiger partial charge in [0.05, 0.1) is 6.54 Å². The van der Waals surface area contributed by atoms with Gasteiger partial charge < -0.3 is 18.6 Å². The van der Waals surface area contributed by atoms with Gasteiger partial charge in [-0.05, 0) is 13.8 Å². The Hall–Kier alpha value is 1.70. The Morgan fingerprint density at radius 3 is 1.47 bits per heavy atom. The van der Waals surface area contributed by atoms with Gasteiger partial charge in [0.2, 0.25) is 0 Å². The van der Waals surface area contributed by atoms with Gasteiger partial charge in [-0.1, -0.05) is 0 Å². The molecule has 0 atom stereocenters. The first-order valence-electron chi connectivity index (χ1n) is 4.55. The number of rotatable bonds is 8. The monoisotopic (exact) mass is 337 g/mol. The van der Waals surface area contributed by atoms with E-state index in [0.29, 0.717) is 0 Å². The van der Waals surface area contributed by atoms with E-state index < -0.39 is 37.2 Å². The number of ether oxygens (including phenoxy) is 2. The molecule has 0 heterocycles. The number of hydrogen-bond acceptors (Lipinski definition) is 8. The maximum Gasteiger partial charge on any atom is 1.00 e. The molecule has 0 amide bonds. The predicted octanol–water partition coefficient (Wildman–Crippen LogP) is -7.38. The molecule has 13 heteroatoms. The minimum absolute atomic E-state index is 0. The largest absolute Gasteiger partial charge is 1.00 e. The van der Waals surface area contributed by atoms with Gasteiger partial charge in [-0.3, -0.25) is 0 Å². The average Bonchev–Trinajstić information content (AvgIpc) is 2.10. The van der Waals surface area contributed by atoms with Crippen LogP contribution in [0.2, 0.25) is 0 Å². The molecule has 0 aliphatic rings. The Kier molecular flexibility index (Phi) is 15.2. The Morgan fingerprint density at radius 1 is 0.947 bits per heavy atom. The Morgan fingerprint density at radius 2 is 1.26 bits per heavy atom. The van der Waals surface area contributed by atoms with Crippen LogP contribution in [-0.2, 0) is 30.1 Å². The molecule has 0 saturated carbocycles. The quantitative estimate of drug-likeness (QED) is 0.242. The van der Waals surface area contributed by atoms with E-state index in [9.17, 15) is 25.9 Å². The molecule has 104 valence electrons. The molecule has 0 fully saturated rings. The SMILES string of the molecule is CCOC(CN(S(=O)(=O)[O-])S(=O)(=O)[O-])OCC.[Na+].[Na+]. The van der Waals surface area contributed by atoms with E-state index in [-0.39, 0.29) is 72.3 Å².